The van der Waals surface area contributed by atoms with Gasteiger partial charge in [0.1, 0.15) is 0 Å². The summed E-state index contributed by atoms with van der Waals surface area (Å²) in [5.74, 6) is -1.11. The molecule has 5 heteroatoms. The van der Waals surface area contributed by atoms with Crippen LogP contribution in [0.5, 0.6) is 0 Å². The Morgan fingerprint density at radius 1 is 1.19 bits per heavy atom. The third kappa shape index (κ3) is 8.46. The molecule has 0 aliphatic rings. The summed E-state index contributed by atoms with van der Waals surface area (Å²) in [7, 11) is -1.86. The summed E-state index contributed by atoms with van der Waals surface area (Å²) in [5.41, 5.74) is 0. The molecule has 0 aromatic carbocycles. The van der Waals surface area contributed by atoms with Crippen molar-refractivity contribution >= 4 is 20.3 Å². The molecular weight excluding hydrogens is 224 g/mol. The molecule has 94 valence electrons. The van der Waals surface area contributed by atoms with Gasteiger partial charge in [-0.1, -0.05) is 19.8 Å². The first kappa shape index (κ1) is 15.2. The van der Waals surface area contributed by atoms with E-state index in [0.717, 1.165) is 18.9 Å². The largest absolute Gasteiger partial charge is 0.520 e. The predicted molar refractivity (Wildman–Crippen MR) is 64.8 cm³/mol. The van der Waals surface area contributed by atoms with Gasteiger partial charge in [-0.2, -0.15) is 0 Å². The summed E-state index contributed by atoms with van der Waals surface area (Å²) in [6.07, 6.45) is 2.81. The van der Waals surface area contributed by atoms with Gasteiger partial charge >= 0.3 is 5.97 Å². The lowest BCUT2D eigenvalue weighted by molar-refractivity contribution is -0.137. The van der Waals surface area contributed by atoms with Crippen molar-refractivity contribution in [2.75, 3.05) is 0 Å². The second-order valence-corrected chi connectivity index (χ2v) is 8.81. The van der Waals surface area contributed by atoms with Crippen LogP contribution in [0, 0.1) is 0 Å². The number of rotatable bonds is 8. The highest BCUT2D eigenvalue weighted by atomic mass is 28.4. The molecule has 0 amide bonds. The normalized spacial score (nSPS) is 11.2. The lowest BCUT2D eigenvalue weighted by Crippen LogP contribution is -2.33. The van der Waals surface area contributed by atoms with Crippen molar-refractivity contribution in [3.63, 3.8) is 0 Å². The molecule has 0 radical (unpaired) electrons. The van der Waals surface area contributed by atoms with Gasteiger partial charge in [0.05, 0.1) is 0 Å². The third-order valence-electron chi connectivity index (χ3n) is 2.29. The SMILES string of the molecule is CCCC[Si](C)(C)OC(=O)CCCC(=O)O. The van der Waals surface area contributed by atoms with Crippen molar-refractivity contribution in [2.24, 2.45) is 0 Å². The Balaban J connectivity index is 3.80. The first-order chi connectivity index (χ1) is 7.37. The summed E-state index contributed by atoms with van der Waals surface area (Å²) in [5, 5.41) is 8.43. The minimum atomic E-state index is -1.86. The fourth-order valence-corrected chi connectivity index (χ4v) is 3.42. The number of carbonyl (C=O) groups excluding carboxylic acids is 1. The molecular formula is C11H22O4Si. The number of carboxylic acid groups (broad SMARTS) is 1. The van der Waals surface area contributed by atoms with Crippen LogP contribution < -0.4 is 0 Å². The molecule has 0 fully saturated rings. The van der Waals surface area contributed by atoms with E-state index in [2.05, 4.69) is 6.92 Å². The summed E-state index contributed by atoms with van der Waals surface area (Å²) in [6.45, 7) is 6.16. The Labute approximate surface area is 98.1 Å². The molecule has 0 aliphatic carbocycles. The number of unbranched alkanes of at least 4 members (excludes halogenated alkanes) is 1. The van der Waals surface area contributed by atoms with Gasteiger partial charge in [0.2, 0.25) is 8.32 Å². The van der Waals surface area contributed by atoms with Gasteiger partial charge in [0.25, 0.3) is 5.97 Å². The van der Waals surface area contributed by atoms with Crippen molar-refractivity contribution < 1.29 is 19.1 Å². The van der Waals surface area contributed by atoms with E-state index in [4.69, 9.17) is 9.53 Å². The van der Waals surface area contributed by atoms with Crippen molar-refractivity contribution in [3.05, 3.63) is 0 Å². The zero-order chi connectivity index (χ0) is 12.6. The van der Waals surface area contributed by atoms with Crippen molar-refractivity contribution in [3.8, 4) is 0 Å². The number of hydrogen-bond donors (Lipinski definition) is 1. The second kappa shape index (κ2) is 7.43. The second-order valence-electron chi connectivity index (χ2n) is 4.58. The Bertz CT molecular complexity index is 238. The van der Waals surface area contributed by atoms with Crippen molar-refractivity contribution in [1.29, 1.82) is 0 Å². The lowest BCUT2D eigenvalue weighted by atomic mass is 10.2. The van der Waals surface area contributed by atoms with E-state index in [0.29, 0.717) is 6.42 Å². The fourth-order valence-electron chi connectivity index (χ4n) is 1.40. The molecule has 1 N–H and O–H groups in total. The molecule has 0 aromatic rings. The van der Waals surface area contributed by atoms with Gasteiger partial charge in [0.15, 0.2) is 0 Å². The molecule has 16 heavy (non-hydrogen) atoms. The molecule has 4 nitrogen and oxygen atoms in total. The molecule has 0 aliphatic heterocycles. The molecule has 0 unspecified atom stereocenters. The van der Waals surface area contributed by atoms with E-state index in [1.54, 1.807) is 0 Å². The molecule has 0 rings (SSSR count). The van der Waals surface area contributed by atoms with Crippen LogP contribution in [0.2, 0.25) is 19.1 Å². The zero-order valence-corrected chi connectivity index (χ0v) is 11.4. The van der Waals surface area contributed by atoms with Gasteiger partial charge in [-0.15, -0.1) is 0 Å². The predicted octanol–water partition coefficient (Wildman–Crippen LogP) is 2.79. The van der Waals surface area contributed by atoms with Gasteiger partial charge in [-0.05, 0) is 25.6 Å². The van der Waals surface area contributed by atoms with Crippen molar-refractivity contribution in [2.45, 2.75) is 58.2 Å². The fraction of sp³-hybridized carbons (Fsp3) is 0.818. The standard InChI is InChI=1S/C11H22O4Si/c1-4-5-9-16(2,3)15-11(14)8-6-7-10(12)13/h4-9H2,1-3H3,(H,12,13). The first-order valence-corrected chi connectivity index (χ1v) is 8.92. The Morgan fingerprint density at radius 2 is 1.81 bits per heavy atom. The molecule has 0 spiro atoms. The van der Waals surface area contributed by atoms with E-state index in [1.165, 1.54) is 0 Å². The topological polar surface area (TPSA) is 63.6 Å². The van der Waals surface area contributed by atoms with Crippen LogP contribution in [0.25, 0.3) is 0 Å². The summed E-state index contributed by atoms with van der Waals surface area (Å²) < 4.78 is 5.43. The number of aliphatic carboxylic acids is 1. The van der Waals surface area contributed by atoms with E-state index < -0.39 is 14.3 Å². The minimum Gasteiger partial charge on any atom is -0.520 e. The number of carbonyl (C=O) groups is 2. The molecule has 0 saturated carbocycles. The van der Waals surface area contributed by atoms with Crippen LogP contribution in [0.3, 0.4) is 0 Å². The first-order valence-electron chi connectivity index (χ1n) is 5.81. The minimum absolute atomic E-state index is 0.0338. The average Bonchev–Trinajstić information content (AvgIpc) is 2.13. The van der Waals surface area contributed by atoms with Crippen LogP contribution in [0.15, 0.2) is 0 Å². The van der Waals surface area contributed by atoms with Crippen LogP contribution in [-0.2, 0) is 14.0 Å². The van der Waals surface area contributed by atoms with Gasteiger partial charge in [0, 0.05) is 12.8 Å². The van der Waals surface area contributed by atoms with Crippen LogP contribution >= 0.6 is 0 Å². The molecule has 0 saturated heterocycles. The van der Waals surface area contributed by atoms with Crippen LogP contribution in [-0.4, -0.2) is 25.4 Å². The molecule has 0 heterocycles. The summed E-state index contributed by atoms with van der Waals surface area (Å²) in [6, 6.07) is 0.980. The quantitative estimate of drug-likeness (QED) is 0.669. The Morgan fingerprint density at radius 3 is 2.31 bits per heavy atom. The number of hydrogen-bond acceptors (Lipinski definition) is 3. The highest BCUT2D eigenvalue weighted by molar-refractivity contribution is 6.72. The van der Waals surface area contributed by atoms with Gasteiger partial charge in [-0.3, -0.25) is 9.59 Å². The van der Waals surface area contributed by atoms with Crippen molar-refractivity contribution in [1.82, 2.24) is 0 Å². The number of carboxylic acids is 1. The van der Waals surface area contributed by atoms with E-state index >= 15 is 0 Å². The molecule has 0 atom stereocenters. The molecule has 0 bridgehead atoms. The van der Waals surface area contributed by atoms with E-state index in [-0.39, 0.29) is 18.8 Å². The van der Waals surface area contributed by atoms with E-state index in [1.807, 2.05) is 13.1 Å². The lowest BCUT2D eigenvalue weighted by Gasteiger charge is -2.22. The summed E-state index contributed by atoms with van der Waals surface area (Å²) >= 11 is 0. The van der Waals surface area contributed by atoms with E-state index in [9.17, 15) is 9.59 Å². The third-order valence-corrected chi connectivity index (χ3v) is 4.63. The maximum absolute atomic E-state index is 11.4. The Kier molecular flexibility index (Phi) is 7.04. The monoisotopic (exact) mass is 246 g/mol. The van der Waals surface area contributed by atoms with Crippen LogP contribution in [0.1, 0.15) is 39.0 Å². The average molecular weight is 246 g/mol. The maximum atomic E-state index is 11.4. The highest BCUT2D eigenvalue weighted by Crippen LogP contribution is 2.16. The van der Waals surface area contributed by atoms with Gasteiger partial charge < -0.3 is 9.53 Å². The van der Waals surface area contributed by atoms with Gasteiger partial charge in [-0.25, -0.2) is 0 Å². The summed E-state index contributed by atoms with van der Waals surface area (Å²) in [4.78, 5) is 21.7. The van der Waals surface area contributed by atoms with Crippen LogP contribution in [0.4, 0.5) is 0 Å². The molecule has 0 aromatic heterocycles. The maximum Gasteiger partial charge on any atom is 0.303 e. The zero-order valence-electron chi connectivity index (χ0n) is 10.4. The smallest absolute Gasteiger partial charge is 0.303 e. The highest BCUT2D eigenvalue weighted by Gasteiger charge is 2.25. The Hall–Kier alpha value is -0.843.